The van der Waals surface area contributed by atoms with E-state index in [1.54, 1.807) is 6.08 Å². The van der Waals surface area contributed by atoms with E-state index in [0.29, 0.717) is 50.5 Å². The van der Waals surface area contributed by atoms with Gasteiger partial charge in [-0.05, 0) is 118 Å². The average molecular weight is 722 g/mol. The summed E-state index contributed by atoms with van der Waals surface area (Å²) >= 11 is 0. The molecule has 7 saturated carbocycles. The lowest BCUT2D eigenvalue weighted by Crippen LogP contribution is -2.85. The zero-order valence-corrected chi connectivity index (χ0v) is 31.3. The number of carbonyl (C=O) groups is 2. The molecule has 0 bridgehead atoms. The first-order chi connectivity index (χ1) is 24.9. The Morgan fingerprint density at radius 3 is 2.35 bits per heavy atom. The van der Waals surface area contributed by atoms with Crippen LogP contribution in [0.25, 0.3) is 0 Å². The maximum absolute atomic E-state index is 14.1. The van der Waals surface area contributed by atoms with Gasteiger partial charge in [-0.3, -0.25) is 0 Å². The molecule has 1 heterocycles. The molecule has 0 amide bonds. The fourth-order valence-electron chi connectivity index (χ4n) is 16.2. The molecule has 8 aliphatic carbocycles. The van der Waals surface area contributed by atoms with E-state index in [2.05, 4.69) is 18.3 Å². The summed E-state index contributed by atoms with van der Waals surface area (Å²) < 4.78 is 5.97. The summed E-state index contributed by atoms with van der Waals surface area (Å²) in [5, 5.41) is 69.5. The van der Waals surface area contributed by atoms with Crippen molar-refractivity contribution in [3.8, 4) is 0 Å². The minimum Gasteiger partial charge on any atom is -0.450 e. The van der Waals surface area contributed by atoms with Gasteiger partial charge < -0.3 is 40.4 Å². The van der Waals surface area contributed by atoms with Crippen LogP contribution in [0.15, 0.2) is 23.3 Å². The van der Waals surface area contributed by atoms with Crippen molar-refractivity contribution < 1.29 is 39.9 Å². The van der Waals surface area contributed by atoms with E-state index >= 15 is 0 Å². The van der Waals surface area contributed by atoms with E-state index in [4.69, 9.17) is 4.74 Å². The molecule has 9 heteroatoms. The Kier molecular flexibility index (Phi) is 8.62. The van der Waals surface area contributed by atoms with Gasteiger partial charge in [-0.1, -0.05) is 57.9 Å². The van der Waals surface area contributed by atoms with Crippen LogP contribution in [0.1, 0.15) is 116 Å². The normalized spacial score (nSPS) is 52.2. The first-order valence-electron chi connectivity index (χ1n) is 21.2. The Balaban J connectivity index is 1.23. The Bertz CT molecular complexity index is 1520. The fourth-order valence-corrected chi connectivity index (χ4v) is 16.2. The zero-order valence-electron chi connectivity index (χ0n) is 31.3. The molecule has 9 nitrogen and oxygen atoms in total. The molecule has 0 aromatic heterocycles. The van der Waals surface area contributed by atoms with Gasteiger partial charge in [0.15, 0.2) is 0 Å². The summed E-state index contributed by atoms with van der Waals surface area (Å²) in [4.78, 5) is 27.1. The largest absolute Gasteiger partial charge is 0.450 e. The zero-order chi connectivity index (χ0) is 36.4. The Morgan fingerprint density at radius 1 is 0.904 bits per heavy atom. The smallest absolute Gasteiger partial charge is 0.331 e. The van der Waals surface area contributed by atoms with Crippen molar-refractivity contribution in [1.29, 1.82) is 0 Å². The molecule has 0 spiro atoms. The molecule has 52 heavy (non-hydrogen) atoms. The van der Waals surface area contributed by atoms with Crippen molar-refractivity contribution in [1.82, 2.24) is 5.32 Å². The summed E-state index contributed by atoms with van der Waals surface area (Å²) in [6, 6.07) is 0. The number of likely N-dealkylation sites (N-methyl/N-ethyl adjacent to an activating group) is 1. The molecule has 0 saturated heterocycles. The number of nitrogens with one attached hydrogen (secondary N) is 1. The van der Waals surface area contributed by atoms with Gasteiger partial charge in [-0.25, -0.2) is 4.79 Å². The molecule has 7 fully saturated rings. The Labute approximate surface area is 309 Å². The lowest BCUT2D eigenvalue weighted by atomic mass is 9.34. The topological polar surface area (TPSA) is 157 Å². The molecule has 0 aromatic rings. The number of rotatable bonds is 6. The highest BCUT2D eigenvalue weighted by Gasteiger charge is 2.85. The lowest BCUT2D eigenvalue weighted by molar-refractivity contribution is -0.379. The van der Waals surface area contributed by atoms with Crippen LogP contribution in [0, 0.1) is 64.1 Å². The van der Waals surface area contributed by atoms with Crippen molar-refractivity contribution >= 4 is 12.3 Å². The number of hydrogen-bond donors (Lipinski definition) is 6. The summed E-state index contributed by atoms with van der Waals surface area (Å²) in [5.74, 6) is -2.09. The third kappa shape index (κ3) is 4.33. The van der Waals surface area contributed by atoms with Gasteiger partial charge in [-0.2, -0.15) is 0 Å². The van der Waals surface area contributed by atoms with E-state index < -0.39 is 63.7 Å². The van der Waals surface area contributed by atoms with Crippen LogP contribution < -0.4 is 5.32 Å². The molecule has 1 aliphatic heterocycles. The number of carbonyl (C=O) groups excluding carboxylic acids is 2. The predicted octanol–water partition coefficient (Wildman–Crippen LogP) is 4.38. The number of aliphatic hydroxyl groups is 5. The second-order valence-electron chi connectivity index (χ2n) is 19.5. The van der Waals surface area contributed by atoms with Crippen LogP contribution >= 0.6 is 0 Å². The number of allylic oxidation sites excluding steroid dienone is 1. The number of aldehydes is 1. The molecule has 15 atom stereocenters. The minimum atomic E-state index is -2.09. The number of fused-ring (bicyclic) bond motifs is 8. The summed E-state index contributed by atoms with van der Waals surface area (Å²) in [6.07, 6.45) is 15.1. The number of hydrogen-bond acceptors (Lipinski definition) is 9. The molecule has 0 unspecified atom stereocenters. The summed E-state index contributed by atoms with van der Waals surface area (Å²) in [6.45, 7) is 2.83. The van der Waals surface area contributed by atoms with Crippen molar-refractivity contribution in [2.75, 3.05) is 13.6 Å². The lowest BCUT2D eigenvalue weighted by Gasteiger charge is -2.74. The van der Waals surface area contributed by atoms with Crippen molar-refractivity contribution in [2.24, 2.45) is 64.1 Å². The first-order valence-corrected chi connectivity index (χ1v) is 21.2. The quantitative estimate of drug-likeness (QED) is 0.133. The van der Waals surface area contributed by atoms with Crippen LogP contribution in [0.3, 0.4) is 0 Å². The Morgan fingerprint density at radius 2 is 1.63 bits per heavy atom. The maximum Gasteiger partial charge on any atom is 0.331 e. The monoisotopic (exact) mass is 721 g/mol. The highest BCUT2D eigenvalue weighted by atomic mass is 16.5. The summed E-state index contributed by atoms with van der Waals surface area (Å²) in [5.41, 5.74) is -6.05. The molecule has 9 aliphatic rings. The SMILES string of the molecule is CNCC1=C[C@@H]2C[C@]3(O)[C@]4(O)[C@@H](O)[C@H]5C[C@@H]([C@@H](C)C6CCCC6)CC[C@H]6[C@@H](O)CC[C@](C=O)([C@H]4CC[C@]3(C3CCCCC3)[C@H]2C2=CC(=O)O[C@@H]12)[C@]56O. The van der Waals surface area contributed by atoms with E-state index in [9.17, 15) is 35.1 Å². The first kappa shape index (κ1) is 36.0. The van der Waals surface area contributed by atoms with Crippen LogP contribution in [-0.2, 0) is 14.3 Å². The van der Waals surface area contributed by atoms with Crippen molar-refractivity contribution in [3.05, 3.63) is 23.3 Å². The van der Waals surface area contributed by atoms with Gasteiger partial charge in [-0.15, -0.1) is 0 Å². The van der Waals surface area contributed by atoms with Gasteiger partial charge in [0.05, 0.1) is 23.2 Å². The van der Waals surface area contributed by atoms with Gasteiger partial charge in [0.2, 0.25) is 0 Å². The molecule has 6 N–H and O–H groups in total. The van der Waals surface area contributed by atoms with Gasteiger partial charge >= 0.3 is 5.97 Å². The molecule has 0 aromatic carbocycles. The average Bonchev–Trinajstić information content (AvgIpc) is 3.84. The number of aliphatic hydroxyl groups excluding tert-OH is 2. The van der Waals surface area contributed by atoms with Crippen molar-refractivity contribution in [3.63, 3.8) is 0 Å². The van der Waals surface area contributed by atoms with E-state index in [0.717, 1.165) is 56.0 Å². The molecule has 288 valence electrons. The highest BCUT2D eigenvalue weighted by Crippen LogP contribution is 2.78. The minimum absolute atomic E-state index is 0.0492. The second kappa shape index (κ2) is 12.4. The fraction of sp³-hybridized carbons (Fsp3) is 0.860. The predicted molar refractivity (Wildman–Crippen MR) is 193 cm³/mol. The van der Waals surface area contributed by atoms with Crippen molar-refractivity contribution in [2.45, 2.75) is 151 Å². The highest BCUT2D eigenvalue weighted by molar-refractivity contribution is 5.87. The van der Waals surface area contributed by atoms with Gasteiger partial charge in [0, 0.05) is 35.8 Å². The molecular weight excluding hydrogens is 658 g/mol. The Hall–Kier alpha value is -1.62. The third-order valence-corrected chi connectivity index (χ3v) is 18.1. The number of ether oxygens (including phenoxy) is 1. The van der Waals surface area contributed by atoms with Crippen LogP contribution in [0.5, 0.6) is 0 Å². The van der Waals surface area contributed by atoms with Gasteiger partial charge in [0.1, 0.15) is 23.6 Å². The standard InChI is InChI=1S/C43H63NO8/c1-24(25-8-6-7-9-25)26-12-13-31-33(46)14-16-39(23-45)34-15-17-40(29-10-4-3-5-11-29)36-27(18-28(22-44-2)37-30(36)20-35(47)52-37)21-41(40,49)43(34,51)38(48)32(19-26)42(31,39)50/h18,20,23-27,29,31-34,36-38,44,46,48-51H,3-17,19,21-22H2,1-2H3/t24-,26-,27+,31-,32+,33-,34+,36+,37-,38-,39-,40-,41+,42+,43+/m0/s1. The second-order valence-corrected chi connectivity index (χ2v) is 19.5. The summed E-state index contributed by atoms with van der Waals surface area (Å²) in [7, 11) is 1.87. The van der Waals surface area contributed by atoms with E-state index in [-0.39, 0.29) is 42.5 Å². The van der Waals surface area contributed by atoms with Crippen LogP contribution in [-0.4, -0.2) is 86.5 Å². The van der Waals surface area contributed by atoms with E-state index in [1.165, 1.54) is 25.7 Å². The van der Waals surface area contributed by atoms with Gasteiger partial charge in [0.25, 0.3) is 0 Å². The maximum atomic E-state index is 14.1. The van der Waals surface area contributed by atoms with E-state index in [1.807, 2.05) is 7.05 Å². The van der Waals surface area contributed by atoms with Crippen LogP contribution in [0.2, 0.25) is 0 Å². The molecule has 9 rings (SSSR count). The molecular formula is C43H63NO8. The number of esters is 1. The third-order valence-electron chi connectivity index (χ3n) is 18.1. The molecule has 0 radical (unpaired) electrons. The van der Waals surface area contributed by atoms with Crippen LogP contribution in [0.4, 0.5) is 0 Å².